The summed E-state index contributed by atoms with van der Waals surface area (Å²) in [4.78, 5) is 24.0. The summed E-state index contributed by atoms with van der Waals surface area (Å²) in [7, 11) is 0. The molecular weight excluding hydrogens is 392 g/mol. The molecule has 0 radical (unpaired) electrons. The minimum Gasteiger partial charge on any atom is -0.507 e. The smallest absolute Gasteiger partial charge is 0.193 e. The lowest BCUT2D eigenvalue weighted by atomic mass is 9.92. The topological polar surface area (TPSA) is 83.8 Å². The fourth-order valence-corrected chi connectivity index (χ4v) is 3.41. The van der Waals surface area contributed by atoms with Crippen molar-refractivity contribution in [3.63, 3.8) is 0 Å². The summed E-state index contributed by atoms with van der Waals surface area (Å²) in [6, 6.07) is 7.65. The van der Waals surface area contributed by atoms with Crippen molar-refractivity contribution in [3.8, 4) is 17.2 Å². The van der Waals surface area contributed by atoms with Gasteiger partial charge < -0.3 is 14.9 Å². The van der Waals surface area contributed by atoms with Crippen LogP contribution in [0.4, 0.5) is 0 Å². The Labute approximate surface area is 182 Å². The molecule has 0 amide bonds. The van der Waals surface area contributed by atoms with Gasteiger partial charge in [0.2, 0.25) is 0 Å². The Kier molecular flexibility index (Phi) is 6.44. The van der Waals surface area contributed by atoms with E-state index in [1.807, 2.05) is 32.9 Å². The van der Waals surface area contributed by atoms with E-state index >= 15 is 0 Å². The van der Waals surface area contributed by atoms with Gasteiger partial charge >= 0.3 is 0 Å². The second-order valence-corrected chi connectivity index (χ2v) is 8.08. The molecule has 1 atom stereocenters. The number of ketones is 1. The molecule has 2 N–H and O–H groups in total. The second-order valence-electron chi connectivity index (χ2n) is 8.08. The number of hydrogen-bond donors (Lipinski definition) is 2. The summed E-state index contributed by atoms with van der Waals surface area (Å²) in [5.74, 6) is -0.344. The zero-order valence-corrected chi connectivity index (χ0v) is 17.9. The van der Waals surface area contributed by atoms with Gasteiger partial charge in [0.25, 0.3) is 0 Å². The molecule has 31 heavy (non-hydrogen) atoms. The summed E-state index contributed by atoms with van der Waals surface area (Å²) >= 11 is 0. The number of carbonyl (C=O) groups is 2. The highest BCUT2D eigenvalue weighted by Crippen LogP contribution is 2.40. The molecule has 0 aromatic heterocycles. The third-order valence-corrected chi connectivity index (χ3v) is 5.16. The molecule has 160 valence electrons. The van der Waals surface area contributed by atoms with Crippen LogP contribution in [0.25, 0.3) is 12.2 Å². The molecule has 0 saturated heterocycles. The Morgan fingerprint density at radius 3 is 2.58 bits per heavy atom. The van der Waals surface area contributed by atoms with Gasteiger partial charge in [-0.2, -0.15) is 0 Å². The minimum atomic E-state index is -0.596. The Bertz CT molecular complexity index is 1100. The van der Waals surface area contributed by atoms with Gasteiger partial charge in [-0.25, -0.2) is 0 Å². The molecule has 1 aliphatic heterocycles. The average Bonchev–Trinajstić information content (AvgIpc) is 2.72. The lowest BCUT2D eigenvalue weighted by Gasteiger charge is -2.32. The highest BCUT2D eigenvalue weighted by molar-refractivity contribution is 6.11. The summed E-state index contributed by atoms with van der Waals surface area (Å²) in [6.45, 7) is 6.04. The second kappa shape index (κ2) is 9.04. The van der Waals surface area contributed by atoms with Crippen molar-refractivity contribution in [2.75, 3.05) is 0 Å². The highest BCUT2D eigenvalue weighted by atomic mass is 16.5. The first-order valence-corrected chi connectivity index (χ1v) is 10.1. The zero-order chi connectivity index (χ0) is 22.6. The van der Waals surface area contributed by atoms with Gasteiger partial charge in [-0.05, 0) is 75.6 Å². The van der Waals surface area contributed by atoms with Crippen molar-refractivity contribution in [1.82, 2.24) is 0 Å². The monoisotopic (exact) mass is 418 g/mol. The standard InChI is InChI=1S/C26H26O5/c1-17(2)5-4-13-26(3)14-12-19-8-11-23(30)24(25(19)31-26)22(29)10-7-18-6-9-21(28)20(15-18)16-27/h5-12,14-16,28,30H,4,13H2,1-3H3/b10-7+. The lowest BCUT2D eigenvalue weighted by molar-refractivity contribution is 0.101. The number of phenolic OH excluding ortho intramolecular Hbond substituents is 2. The predicted molar refractivity (Wildman–Crippen MR) is 122 cm³/mol. The number of ether oxygens (including phenoxy) is 1. The van der Waals surface area contributed by atoms with Crippen LogP contribution in [0.15, 0.2) is 54.1 Å². The van der Waals surface area contributed by atoms with E-state index in [9.17, 15) is 19.8 Å². The number of phenols is 2. The third kappa shape index (κ3) is 5.12. The van der Waals surface area contributed by atoms with Crippen LogP contribution in [0.2, 0.25) is 0 Å². The predicted octanol–water partition coefficient (Wildman–Crippen LogP) is 5.72. The largest absolute Gasteiger partial charge is 0.507 e. The molecule has 0 aliphatic carbocycles. The lowest BCUT2D eigenvalue weighted by Crippen LogP contribution is -2.32. The van der Waals surface area contributed by atoms with E-state index in [4.69, 9.17) is 4.74 Å². The molecule has 0 bridgehead atoms. The van der Waals surface area contributed by atoms with Crippen molar-refractivity contribution >= 4 is 24.2 Å². The van der Waals surface area contributed by atoms with E-state index in [0.29, 0.717) is 17.6 Å². The third-order valence-electron chi connectivity index (χ3n) is 5.16. The molecule has 1 heterocycles. The zero-order valence-electron chi connectivity index (χ0n) is 17.9. The van der Waals surface area contributed by atoms with Crippen molar-refractivity contribution in [1.29, 1.82) is 0 Å². The molecule has 3 rings (SSSR count). The summed E-state index contributed by atoms with van der Waals surface area (Å²) in [5.41, 5.74) is 2.17. The number of aldehydes is 1. The van der Waals surface area contributed by atoms with Gasteiger partial charge in [0, 0.05) is 5.56 Å². The van der Waals surface area contributed by atoms with Gasteiger partial charge in [0.1, 0.15) is 28.4 Å². The van der Waals surface area contributed by atoms with Gasteiger partial charge in [0.05, 0.1) is 5.56 Å². The quantitative estimate of drug-likeness (QED) is 0.260. The van der Waals surface area contributed by atoms with Crippen LogP contribution in [0.3, 0.4) is 0 Å². The van der Waals surface area contributed by atoms with Crippen molar-refractivity contribution in [3.05, 3.63) is 76.4 Å². The van der Waals surface area contributed by atoms with Crippen molar-refractivity contribution < 1.29 is 24.5 Å². The first-order chi connectivity index (χ1) is 14.7. The Morgan fingerprint density at radius 1 is 1.13 bits per heavy atom. The molecule has 5 nitrogen and oxygen atoms in total. The normalized spacial score (nSPS) is 17.1. The maximum Gasteiger partial charge on any atom is 0.193 e. The number of fused-ring (bicyclic) bond motifs is 1. The van der Waals surface area contributed by atoms with Crippen LogP contribution >= 0.6 is 0 Å². The molecule has 0 fully saturated rings. The molecule has 1 unspecified atom stereocenters. The van der Waals surface area contributed by atoms with Gasteiger partial charge in [0.15, 0.2) is 12.1 Å². The van der Waals surface area contributed by atoms with Crippen LogP contribution in [0, 0.1) is 0 Å². The first-order valence-electron chi connectivity index (χ1n) is 10.1. The molecular formula is C26H26O5. The number of hydrogen-bond acceptors (Lipinski definition) is 5. The van der Waals surface area contributed by atoms with Crippen LogP contribution < -0.4 is 4.74 Å². The van der Waals surface area contributed by atoms with Crippen LogP contribution in [0.5, 0.6) is 17.2 Å². The van der Waals surface area contributed by atoms with Gasteiger partial charge in [-0.3, -0.25) is 9.59 Å². The fourth-order valence-electron chi connectivity index (χ4n) is 3.41. The molecule has 2 aromatic carbocycles. The van der Waals surface area contributed by atoms with Crippen LogP contribution in [0.1, 0.15) is 65.5 Å². The Morgan fingerprint density at radius 2 is 1.87 bits per heavy atom. The molecule has 0 spiro atoms. The van der Waals surface area contributed by atoms with Crippen LogP contribution in [-0.2, 0) is 0 Å². The molecule has 1 aliphatic rings. The molecule has 0 saturated carbocycles. The Hall–Kier alpha value is -3.60. The van der Waals surface area contributed by atoms with E-state index in [0.717, 1.165) is 18.4 Å². The SMILES string of the molecule is CC(C)=CCCC1(C)C=Cc2ccc(O)c(C(=O)/C=C/c3ccc(O)c(C=O)c3)c2O1. The van der Waals surface area contributed by atoms with E-state index in [-0.39, 0.29) is 22.6 Å². The van der Waals surface area contributed by atoms with E-state index in [1.165, 1.54) is 35.9 Å². The number of aromatic hydroxyl groups is 2. The number of allylic oxidation sites excluding steroid dienone is 3. The first kappa shape index (κ1) is 22.1. The minimum absolute atomic E-state index is 0.0981. The number of rotatable bonds is 7. The summed E-state index contributed by atoms with van der Waals surface area (Å²) in [5, 5.41) is 20.0. The Balaban J connectivity index is 1.90. The maximum atomic E-state index is 13.0. The van der Waals surface area contributed by atoms with Gasteiger partial charge in [-0.15, -0.1) is 0 Å². The van der Waals surface area contributed by atoms with E-state index < -0.39 is 11.4 Å². The highest BCUT2D eigenvalue weighted by Gasteiger charge is 2.30. The van der Waals surface area contributed by atoms with Crippen molar-refractivity contribution in [2.45, 2.75) is 39.2 Å². The van der Waals surface area contributed by atoms with E-state index in [2.05, 4.69) is 6.08 Å². The summed E-state index contributed by atoms with van der Waals surface area (Å²) < 4.78 is 6.23. The molecule has 2 aromatic rings. The fraction of sp³-hybridized carbons (Fsp3) is 0.231. The number of carbonyl (C=O) groups excluding carboxylic acids is 2. The maximum absolute atomic E-state index is 13.0. The van der Waals surface area contributed by atoms with Gasteiger partial charge in [-0.1, -0.05) is 29.9 Å². The average molecular weight is 418 g/mol. The van der Waals surface area contributed by atoms with Crippen molar-refractivity contribution in [2.24, 2.45) is 0 Å². The molecule has 5 heteroatoms. The van der Waals surface area contributed by atoms with Crippen LogP contribution in [-0.4, -0.2) is 27.9 Å². The summed E-state index contributed by atoms with van der Waals surface area (Å²) in [6.07, 6.45) is 11.0. The van der Waals surface area contributed by atoms with E-state index in [1.54, 1.807) is 12.1 Å². The number of benzene rings is 2.